The number of amides is 1. The van der Waals surface area contributed by atoms with E-state index in [2.05, 4.69) is 11.9 Å². The zero-order valence-corrected chi connectivity index (χ0v) is 20.1. The molecule has 3 rings (SSSR count). The Morgan fingerprint density at radius 2 is 1.86 bits per heavy atom. The molecule has 0 spiro atoms. The van der Waals surface area contributed by atoms with Gasteiger partial charge in [-0.2, -0.15) is 5.26 Å². The van der Waals surface area contributed by atoms with Crippen LogP contribution in [0, 0.1) is 18.3 Å². The molecule has 7 heteroatoms. The first-order valence-corrected chi connectivity index (χ1v) is 11.1. The maximum atomic E-state index is 12.7. The van der Waals surface area contributed by atoms with Crippen molar-refractivity contribution in [3.8, 4) is 17.6 Å². The molecule has 3 aromatic carbocycles. The third-order valence-electron chi connectivity index (χ3n) is 5.39. The van der Waals surface area contributed by atoms with Crippen molar-refractivity contribution in [3.63, 3.8) is 0 Å². The van der Waals surface area contributed by atoms with Crippen LogP contribution in [0.25, 0.3) is 6.08 Å². The monoisotopic (exact) mass is 482 g/mol. The lowest BCUT2D eigenvalue weighted by atomic mass is 10.0. The summed E-state index contributed by atoms with van der Waals surface area (Å²) in [6.07, 6.45) is 3.67. The Hall–Kier alpha value is -4.83. The number of carbonyl (C=O) groups excluding carboxylic acids is 1. The minimum atomic E-state index is -0.995. The number of hydrogen-bond acceptors (Lipinski definition) is 5. The summed E-state index contributed by atoms with van der Waals surface area (Å²) in [7, 11) is 1.51. The van der Waals surface area contributed by atoms with Crippen molar-refractivity contribution in [1.82, 2.24) is 0 Å². The highest BCUT2D eigenvalue weighted by molar-refractivity contribution is 6.10. The van der Waals surface area contributed by atoms with Gasteiger partial charge in [-0.3, -0.25) is 4.79 Å². The number of nitrogens with zero attached hydrogens (tertiary/aromatic N) is 1. The van der Waals surface area contributed by atoms with Crippen LogP contribution in [-0.4, -0.2) is 24.1 Å². The van der Waals surface area contributed by atoms with Gasteiger partial charge in [0, 0.05) is 11.3 Å². The Morgan fingerprint density at radius 3 is 2.47 bits per heavy atom. The minimum absolute atomic E-state index is 0.0583. The highest BCUT2D eigenvalue weighted by atomic mass is 16.5. The SMILES string of the molecule is C=CCc1cc(/C=C(\C#N)C(=O)Nc2ccccc2C)cc(OC)c1OCc1ccc(C(=O)O)cc1. The van der Waals surface area contributed by atoms with E-state index in [1.165, 1.54) is 25.3 Å². The maximum Gasteiger partial charge on any atom is 0.335 e. The first-order valence-electron chi connectivity index (χ1n) is 11.1. The lowest BCUT2D eigenvalue weighted by molar-refractivity contribution is -0.112. The molecule has 0 radical (unpaired) electrons. The number of carbonyl (C=O) groups is 2. The summed E-state index contributed by atoms with van der Waals surface area (Å²) in [6, 6.07) is 19.2. The molecule has 0 saturated heterocycles. The summed E-state index contributed by atoms with van der Waals surface area (Å²) in [5.74, 6) is -0.578. The topological polar surface area (TPSA) is 109 Å². The van der Waals surface area contributed by atoms with Gasteiger partial charge >= 0.3 is 5.97 Å². The average Bonchev–Trinajstić information content (AvgIpc) is 2.88. The van der Waals surface area contributed by atoms with E-state index in [-0.39, 0.29) is 17.7 Å². The maximum absolute atomic E-state index is 12.7. The second kappa shape index (κ2) is 12.0. The number of allylic oxidation sites excluding steroid dienone is 1. The van der Waals surface area contributed by atoms with E-state index in [0.29, 0.717) is 29.2 Å². The molecule has 0 saturated carbocycles. The molecule has 0 aliphatic heterocycles. The zero-order valence-electron chi connectivity index (χ0n) is 20.1. The molecule has 0 bridgehead atoms. The molecule has 3 aromatic rings. The van der Waals surface area contributed by atoms with Gasteiger partial charge in [0.1, 0.15) is 18.2 Å². The van der Waals surface area contributed by atoms with Crippen LogP contribution < -0.4 is 14.8 Å². The molecule has 36 heavy (non-hydrogen) atoms. The highest BCUT2D eigenvalue weighted by Gasteiger charge is 2.15. The number of carboxylic acids is 1. The molecule has 2 N–H and O–H groups in total. The van der Waals surface area contributed by atoms with Gasteiger partial charge in [0.2, 0.25) is 0 Å². The number of rotatable bonds is 10. The minimum Gasteiger partial charge on any atom is -0.493 e. The second-order valence-electron chi connectivity index (χ2n) is 7.93. The molecular weight excluding hydrogens is 456 g/mol. The number of aryl methyl sites for hydroxylation is 1. The Bertz CT molecular complexity index is 1350. The fourth-order valence-electron chi connectivity index (χ4n) is 3.51. The van der Waals surface area contributed by atoms with E-state index in [9.17, 15) is 14.9 Å². The van der Waals surface area contributed by atoms with Gasteiger partial charge in [-0.25, -0.2) is 4.79 Å². The van der Waals surface area contributed by atoms with E-state index >= 15 is 0 Å². The number of hydrogen-bond donors (Lipinski definition) is 2. The third-order valence-corrected chi connectivity index (χ3v) is 5.39. The standard InChI is InChI=1S/C29H26N2O5/c1-4-7-23-14-21(15-24(17-30)28(32)31-25-9-6-5-8-19(25)2)16-26(35-3)27(23)36-18-20-10-12-22(13-11-20)29(33)34/h4-6,8-16H,1,7,18H2,2-3H3,(H,31,32)(H,33,34)/b24-15+. The lowest BCUT2D eigenvalue weighted by Gasteiger charge is -2.16. The van der Waals surface area contributed by atoms with Gasteiger partial charge in [0.15, 0.2) is 11.5 Å². The van der Waals surface area contributed by atoms with Crippen molar-refractivity contribution in [2.24, 2.45) is 0 Å². The number of methoxy groups -OCH3 is 1. The van der Waals surface area contributed by atoms with Crippen LogP contribution in [0.15, 0.2) is 78.9 Å². The fraction of sp³-hybridized carbons (Fsp3) is 0.138. The largest absolute Gasteiger partial charge is 0.493 e. The first kappa shape index (κ1) is 25.8. The summed E-state index contributed by atoms with van der Waals surface area (Å²) in [4.78, 5) is 23.8. The number of anilines is 1. The quantitative estimate of drug-likeness (QED) is 0.223. The lowest BCUT2D eigenvalue weighted by Crippen LogP contribution is -2.14. The van der Waals surface area contributed by atoms with E-state index in [0.717, 1.165) is 16.7 Å². The zero-order chi connectivity index (χ0) is 26.1. The molecule has 0 atom stereocenters. The van der Waals surface area contributed by atoms with Gasteiger partial charge in [0.05, 0.1) is 12.7 Å². The second-order valence-corrected chi connectivity index (χ2v) is 7.93. The molecule has 7 nitrogen and oxygen atoms in total. The number of aromatic carboxylic acids is 1. The molecule has 0 heterocycles. The number of para-hydroxylation sites is 1. The van der Waals surface area contributed by atoms with Crippen LogP contribution in [0.2, 0.25) is 0 Å². The molecule has 0 fully saturated rings. The van der Waals surface area contributed by atoms with Crippen LogP contribution >= 0.6 is 0 Å². The molecule has 0 aliphatic carbocycles. The summed E-state index contributed by atoms with van der Waals surface area (Å²) in [5, 5.41) is 21.5. The highest BCUT2D eigenvalue weighted by Crippen LogP contribution is 2.35. The van der Waals surface area contributed by atoms with Crippen molar-refractivity contribution in [1.29, 1.82) is 5.26 Å². The van der Waals surface area contributed by atoms with Crippen LogP contribution in [-0.2, 0) is 17.8 Å². The van der Waals surface area contributed by atoms with Gasteiger partial charge in [-0.1, -0.05) is 36.4 Å². The third kappa shape index (κ3) is 6.39. The van der Waals surface area contributed by atoms with E-state index in [1.54, 1.807) is 30.3 Å². The summed E-state index contributed by atoms with van der Waals surface area (Å²) in [6.45, 7) is 5.87. The van der Waals surface area contributed by atoms with Crippen molar-refractivity contribution >= 4 is 23.6 Å². The normalized spacial score (nSPS) is 10.8. The number of carboxylic acid groups (broad SMARTS) is 1. The number of benzene rings is 3. The number of ether oxygens (including phenoxy) is 2. The van der Waals surface area contributed by atoms with Crippen molar-refractivity contribution < 1.29 is 24.2 Å². The smallest absolute Gasteiger partial charge is 0.335 e. The molecule has 0 aromatic heterocycles. The van der Waals surface area contributed by atoms with Crippen molar-refractivity contribution in [3.05, 3.63) is 107 Å². The summed E-state index contributed by atoms with van der Waals surface area (Å²) < 4.78 is 11.6. The van der Waals surface area contributed by atoms with Gasteiger partial charge in [-0.15, -0.1) is 6.58 Å². The summed E-state index contributed by atoms with van der Waals surface area (Å²) in [5.41, 5.74) is 3.80. The molecule has 0 unspecified atom stereocenters. The van der Waals surface area contributed by atoms with Crippen molar-refractivity contribution in [2.75, 3.05) is 12.4 Å². The summed E-state index contributed by atoms with van der Waals surface area (Å²) >= 11 is 0. The van der Waals surface area contributed by atoms with E-state index in [1.807, 2.05) is 37.3 Å². The Morgan fingerprint density at radius 1 is 1.14 bits per heavy atom. The molecule has 0 aliphatic rings. The van der Waals surface area contributed by atoms with Gasteiger partial charge in [-0.05, 0) is 66.4 Å². The Balaban J connectivity index is 1.88. The van der Waals surface area contributed by atoms with Crippen LogP contribution in [0.4, 0.5) is 5.69 Å². The van der Waals surface area contributed by atoms with E-state index in [4.69, 9.17) is 14.6 Å². The predicted molar refractivity (Wildman–Crippen MR) is 138 cm³/mol. The molecule has 1 amide bonds. The number of nitriles is 1. The predicted octanol–water partition coefficient (Wildman–Crippen LogP) is 5.56. The van der Waals surface area contributed by atoms with Crippen LogP contribution in [0.3, 0.4) is 0 Å². The van der Waals surface area contributed by atoms with Gasteiger partial charge in [0.25, 0.3) is 5.91 Å². The number of nitrogens with one attached hydrogen (secondary N) is 1. The average molecular weight is 483 g/mol. The molecule has 182 valence electrons. The first-order chi connectivity index (χ1) is 17.4. The van der Waals surface area contributed by atoms with E-state index < -0.39 is 11.9 Å². The fourth-order valence-corrected chi connectivity index (χ4v) is 3.51. The Labute approximate surface area is 209 Å². The van der Waals surface area contributed by atoms with Crippen LogP contribution in [0.1, 0.15) is 32.6 Å². The van der Waals surface area contributed by atoms with Crippen molar-refractivity contribution in [2.45, 2.75) is 20.0 Å². The van der Waals surface area contributed by atoms with Gasteiger partial charge < -0.3 is 19.9 Å². The van der Waals surface area contributed by atoms with Crippen LogP contribution in [0.5, 0.6) is 11.5 Å². The molecular formula is C29H26N2O5. The Kier molecular flexibility index (Phi) is 8.63.